The van der Waals surface area contributed by atoms with Crippen molar-refractivity contribution in [2.75, 3.05) is 13.1 Å². The van der Waals surface area contributed by atoms with Crippen molar-refractivity contribution in [3.63, 3.8) is 0 Å². The zero-order chi connectivity index (χ0) is 13.2. The van der Waals surface area contributed by atoms with Crippen molar-refractivity contribution in [3.05, 3.63) is 30.1 Å². The first-order valence-electron chi connectivity index (χ1n) is 6.04. The zero-order valence-electron chi connectivity index (χ0n) is 10.0. The molecule has 1 aliphatic heterocycles. The van der Waals surface area contributed by atoms with Gasteiger partial charge >= 0.3 is 0 Å². The molecule has 0 saturated carbocycles. The molecule has 2 N–H and O–H groups in total. The van der Waals surface area contributed by atoms with E-state index in [1.165, 1.54) is 22.5 Å². The highest BCUT2D eigenvalue weighted by atomic mass is 32.2. The number of hydrogen-bond donors (Lipinski definition) is 1. The van der Waals surface area contributed by atoms with E-state index in [4.69, 9.17) is 5.73 Å². The first kappa shape index (κ1) is 13.5. The number of sulfonamides is 1. The molecular formula is C12H17FN2O2S. The van der Waals surface area contributed by atoms with Gasteiger partial charge in [0.1, 0.15) is 10.7 Å². The van der Waals surface area contributed by atoms with Gasteiger partial charge in [-0.05, 0) is 25.0 Å². The van der Waals surface area contributed by atoms with Crippen molar-refractivity contribution < 1.29 is 12.8 Å². The van der Waals surface area contributed by atoms with Crippen LogP contribution >= 0.6 is 0 Å². The monoisotopic (exact) mass is 272 g/mol. The number of benzene rings is 1. The van der Waals surface area contributed by atoms with Crippen molar-refractivity contribution >= 4 is 10.0 Å². The third kappa shape index (κ3) is 2.41. The number of piperidine rings is 1. The van der Waals surface area contributed by atoms with Crippen LogP contribution in [0.3, 0.4) is 0 Å². The second-order valence-electron chi connectivity index (χ2n) is 4.43. The lowest BCUT2D eigenvalue weighted by Crippen LogP contribution is -2.47. The summed E-state index contributed by atoms with van der Waals surface area (Å²) in [7, 11) is -3.78. The van der Waals surface area contributed by atoms with E-state index < -0.39 is 15.8 Å². The Balaban J connectivity index is 2.39. The number of rotatable bonds is 3. The predicted octanol–water partition coefficient (Wildman–Crippen LogP) is 1.33. The third-order valence-corrected chi connectivity index (χ3v) is 5.25. The summed E-state index contributed by atoms with van der Waals surface area (Å²) in [5, 5.41) is 0. The van der Waals surface area contributed by atoms with E-state index in [-0.39, 0.29) is 17.5 Å². The Labute approximate surface area is 107 Å². The van der Waals surface area contributed by atoms with Crippen LogP contribution in [0.1, 0.15) is 19.3 Å². The number of hydrogen-bond acceptors (Lipinski definition) is 3. The van der Waals surface area contributed by atoms with Crippen LogP contribution in [0.2, 0.25) is 0 Å². The van der Waals surface area contributed by atoms with E-state index in [1.54, 1.807) is 0 Å². The SMILES string of the molecule is NC[C@@H]1CCCCN1S(=O)(=O)c1ccccc1F. The van der Waals surface area contributed by atoms with E-state index in [1.807, 2.05) is 0 Å². The molecule has 0 unspecified atom stereocenters. The molecule has 0 radical (unpaired) electrons. The maximum absolute atomic E-state index is 13.6. The molecule has 1 aromatic rings. The van der Waals surface area contributed by atoms with Gasteiger partial charge in [0, 0.05) is 19.1 Å². The highest BCUT2D eigenvalue weighted by Crippen LogP contribution is 2.26. The maximum Gasteiger partial charge on any atom is 0.246 e. The average Bonchev–Trinajstić information content (AvgIpc) is 2.39. The molecule has 4 nitrogen and oxygen atoms in total. The van der Waals surface area contributed by atoms with Gasteiger partial charge in [-0.2, -0.15) is 4.31 Å². The van der Waals surface area contributed by atoms with Crippen molar-refractivity contribution in [2.45, 2.75) is 30.2 Å². The van der Waals surface area contributed by atoms with E-state index in [9.17, 15) is 12.8 Å². The van der Waals surface area contributed by atoms with Crippen LogP contribution in [-0.2, 0) is 10.0 Å². The second kappa shape index (κ2) is 5.34. The minimum atomic E-state index is -3.78. The summed E-state index contributed by atoms with van der Waals surface area (Å²) in [5.41, 5.74) is 5.61. The Hall–Kier alpha value is -0.980. The minimum Gasteiger partial charge on any atom is -0.329 e. The highest BCUT2D eigenvalue weighted by molar-refractivity contribution is 7.89. The lowest BCUT2D eigenvalue weighted by molar-refractivity contribution is 0.257. The molecule has 18 heavy (non-hydrogen) atoms. The van der Waals surface area contributed by atoms with Crippen molar-refractivity contribution in [1.82, 2.24) is 4.31 Å². The average molecular weight is 272 g/mol. The highest BCUT2D eigenvalue weighted by Gasteiger charge is 2.34. The Kier molecular flexibility index (Phi) is 3.99. The van der Waals surface area contributed by atoms with E-state index in [0.717, 1.165) is 25.3 Å². The van der Waals surface area contributed by atoms with Crippen LogP contribution in [0.5, 0.6) is 0 Å². The van der Waals surface area contributed by atoms with Crippen LogP contribution in [0.25, 0.3) is 0 Å². The Morgan fingerprint density at radius 3 is 2.72 bits per heavy atom. The number of halogens is 1. The molecule has 0 aliphatic carbocycles. The molecule has 1 heterocycles. The summed E-state index contributed by atoms with van der Waals surface area (Å²) in [6.45, 7) is 0.687. The third-order valence-electron chi connectivity index (χ3n) is 3.27. The predicted molar refractivity (Wildman–Crippen MR) is 67.0 cm³/mol. The zero-order valence-corrected chi connectivity index (χ0v) is 10.9. The molecule has 1 fully saturated rings. The molecule has 0 bridgehead atoms. The van der Waals surface area contributed by atoms with Crippen LogP contribution < -0.4 is 5.73 Å². The van der Waals surface area contributed by atoms with Gasteiger partial charge in [0.05, 0.1) is 0 Å². The quantitative estimate of drug-likeness (QED) is 0.903. The minimum absolute atomic E-state index is 0.219. The van der Waals surface area contributed by atoms with Gasteiger partial charge in [0.2, 0.25) is 10.0 Å². The van der Waals surface area contributed by atoms with Gasteiger partial charge in [-0.3, -0.25) is 0 Å². The van der Waals surface area contributed by atoms with Gasteiger partial charge in [-0.25, -0.2) is 12.8 Å². The fourth-order valence-corrected chi connectivity index (χ4v) is 4.08. The lowest BCUT2D eigenvalue weighted by Gasteiger charge is -2.33. The summed E-state index contributed by atoms with van der Waals surface area (Å²) in [5.74, 6) is -0.709. The molecule has 1 atom stereocenters. The fraction of sp³-hybridized carbons (Fsp3) is 0.500. The molecule has 0 aromatic heterocycles. The first-order chi connectivity index (χ1) is 8.57. The molecule has 1 aliphatic rings. The molecule has 100 valence electrons. The standard InChI is InChI=1S/C12H17FN2O2S/c13-11-6-1-2-7-12(11)18(16,17)15-8-4-3-5-10(15)9-14/h1-2,6-7,10H,3-5,8-9,14H2/t10-/m0/s1. The van der Waals surface area contributed by atoms with Crippen molar-refractivity contribution in [2.24, 2.45) is 5.73 Å². The summed E-state index contributed by atoms with van der Waals surface area (Å²) in [6, 6.07) is 5.24. The van der Waals surface area contributed by atoms with Gasteiger partial charge < -0.3 is 5.73 Å². The molecule has 1 aromatic carbocycles. The van der Waals surface area contributed by atoms with Gasteiger partial charge in [0.15, 0.2) is 0 Å². The smallest absolute Gasteiger partial charge is 0.246 e. The summed E-state index contributed by atoms with van der Waals surface area (Å²) in [6.07, 6.45) is 2.50. The van der Waals surface area contributed by atoms with Gasteiger partial charge in [0.25, 0.3) is 0 Å². The second-order valence-corrected chi connectivity index (χ2v) is 6.29. The molecule has 1 saturated heterocycles. The van der Waals surface area contributed by atoms with E-state index in [2.05, 4.69) is 0 Å². The summed E-state index contributed by atoms with van der Waals surface area (Å²) in [4.78, 5) is -0.259. The summed E-state index contributed by atoms with van der Waals surface area (Å²) >= 11 is 0. The van der Waals surface area contributed by atoms with E-state index in [0.29, 0.717) is 6.54 Å². The normalized spacial score (nSPS) is 22.0. The van der Waals surface area contributed by atoms with Crippen LogP contribution in [0, 0.1) is 5.82 Å². The van der Waals surface area contributed by atoms with Crippen molar-refractivity contribution in [1.29, 1.82) is 0 Å². The molecule has 0 amide bonds. The molecule has 2 rings (SSSR count). The van der Waals surface area contributed by atoms with Crippen molar-refractivity contribution in [3.8, 4) is 0 Å². The molecule has 6 heteroatoms. The topological polar surface area (TPSA) is 63.4 Å². The van der Waals surface area contributed by atoms with Crippen LogP contribution in [-0.4, -0.2) is 31.9 Å². The van der Waals surface area contributed by atoms with Crippen LogP contribution in [0.15, 0.2) is 29.2 Å². The Bertz CT molecular complexity index is 519. The largest absolute Gasteiger partial charge is 0.329 e. The molecular weight excluding hydrogens is 255 g/mol. The molecule has 0 spiro atoms. The van der Waals surface area contributed by atoms with Crippen LogP contribution in [0.4, 0.5) is 4.39 Å². The first-order valence-corrected chi connectivity index (χ1v) is 7.48. The van der Waals surface area contributed by atoms with Gasteiger partial charge in [-0.15, -0.1) is 0 Å². The Morgan fingerprint density at radius 2 is 2.06 bits per heavy atom. The van der Waals surface area contributed by atoms with E-state index >= 15 is 0 Å². The lowest BCUT2D eigenvalue weighted by atomic mass is 10.1. The fourth-order valence-electron chi connectivity index (χ4n) is 2.31. The number of nitrogens with two attached hydrogens (primary N) is 1. The Morgan fingerprint density at radius 1 is 1.33 bits per heavy atom. The summed E-state index contributed by atoms with van der Waals surface area (Å²) < 4.78 is 39.8. The number of nitrogens with zero attached hydrogens (tertiary/aromatic N) is 1. The van der Waals surface area contributed by atoms with Gasteiger partial charge in [-0.1, -0.05) is 18.6 Å². The maximum atomic E-state index is 13.6.